The fraction of sp³-hybridized carbons (Fsp3) is 0.550. The molecule has 7 nitrogen and oxygen atoms in total. The number of nitro groups is 1. The zero-order valence-electron chi connectivity index (χ0n) is 15.6. The number of piperidine rings is 1. The largest absolute Gasteiger partial charge is 0.381 e. The second-order valence-electron chi connectivity index (χ2n) is 7.25. The minimum absolute atomic E-state index is 0.00392. The first-order chi connectivity index (χ1) is 13.1. The van der Waals surface area contributed by atoms with E-state index >= 15 is 0 Å². The quantitative estimate of drug-likeness (QED) is 0.471. The topological polar surface area (TPSA) is 84.7 Å². The summed E-state index contributed by atoms with van der Waals surface area (Å²) in [5.41, 5.74) is 0.381. The number of carbonyl (C=O) groups excluding carboxylic acids is 1. The fourth-order valence-corrected chi connectivity index (χ4v) is 4.00. The average molecular weight is 373 g/mol. The third kappa shape index (κ3) is 4.93. The highest BCUT2D eigenvalue weighted by molar-refractivity contribution is 5.92. The van der Waals surface area contributed by atoms with Crippen molar-refractivity contribution in [3.8, 4) is 0 Å². The summed E-state index contributed by atoms with van der Waals surface area (Å²) in [6, 6.07) is 6.40. The van der Waals surface area contributed by atoms with E-state index in [2.05, 4.69) is 10.2 Å². The van der Waals surface area contributed by atoms with Gasteiger partial charge in [-0.15, -0.1) is 0 Å². The molecule has 2 saturated heterocycles. The van der Waals surface area contributed by atoms with Crippen LogP contribution in [-0.2, 0) is 9.53 Å². The molecule has 7 heteroatoms. The first-order valence-corrected chi connectivity index (χ1v) is 9.63. The van der Waals surface area contributed by atoms with Gasteiger partial charge in [0.05, 0.1) is 10.5 Å². The summed E-state index contributed by atoms with van der Waals surface area (Å²) >= 11 is 0. The van der Waals surface area contributed by atoms with E-state index in [1.807, 2.05) is 0 Å². The molecular formula is C20H27N3O4. The molecule has 0 aromatic heterocycles. The summed E-state index contributed by atoms with van der Waals surface area (Å²) in [7, 11) is 0. The van der Waals surface area contributed by atoms with Crippen LogP contribution < -0.4 is 5.32 Å². The molecule has 2 fully saturated rings. The summed E-state index contributed by atoms with van der Waals surface area (Å²) in [6.07, 6.45) is 8.40. The molecule has 0 atom stereocenters. The second-order valence-corrected chi connectivity index (χ2v) is 7.25. The van der Waals surface area contributed by atoms with Gasteiger partial charge in [0.15, 0.2) is 0 Å². The molecule has 27 heavy (non-hydrogen) atoms. The Morgan fingerprint density at radius 2 is 1.93 bits per heavy atom. The van der Waals surface area contributed by atoms with Gasteiger partial charge in [0, 0.05) is 37.4 Å². The van der Waals surface area contributed by atoms with Crippen molar-refractivity contribution < 1.29 is 14.5 Å². The number of hydrogen-bond donors (Lipinski definition) is 1. The number of nitro benzene ring substituents is 1. The lowest BCUT2D eigenvalue weighted by molar-refractivity contribution is -0.385. The SMILES string of the molecule is O=C(C=Cc1ccccc1[N+](=O)[O-])NCC1(N2CCCCC2)CCOCC1. The van der Waals surface area contributed by atoms with Crippen molar-refractivity contribution in [2.24, 2.45) is 0 Å². The van der Waals surface area contributed by atoms with E-state index in [1.54, 1.807) is 18.2 Å². The van der Waals surface area contributed by atoms with E-state index in [1.165, 1.54) is 37.5 Å². The Labute approximate surface area is 159 Å². The Morgan fingerprint density at radius 3 is 2.63 bits per heavy atom. The van der Waals surface area contributed by atoms with E-state index in [9.17, 15) is 14.9 Å². The molecule has 0 bridgehead atoms. The van der Waals surface area contributed by atoms with Crippen molar-refractivity contribution in [1.29, 1.82) is 0 Å². The normalized spacial score (nSPS) is 20.4. The highest BCUT2D eigenvalue weighted by atomic mass is 16.6. The van der Waals surface area contributed by atoms with Crippen LogP contribution >= 0.6 is 0 Å². The van der Waals surface area contributed by atoms with Crippen molar-refractivity contribution >= 4 is 17.7 Å². The van der Waals surface area contributed by atoms with Crippen LogP contribution in [0.1, 0.15) is 37.7 Å². The van der Waals surface area contributed by atoms with E-state index in [0.29, 0.717) is 12.1 Å². The number of hydrogen-bond acceptors (Lipinski definition) is 5. The Bertz CT molecular complexity index is 692. The van der Waals surface area contributed by atoms with Gasteiger partial charge in [0.25, 0.3) is 5.69 Å². The monoisotopic (exact) mass is 373 g/mol. The molecule has 0 radical (unpaired) electrons. The molecule has 2 aliphatic rings. The van der Waals surface area contributed by atoms with Crippen molar-refractivity contribution in [3.63, 3.8) is 0 Å². The summed E-state index contributed by atoms with van der Waals surface area (Å²) in [5, 5.41) is 14.1. The standard InChI is InChI=1S/C20H27N3O4/c24-19(9-8-17-6-2-3-7-18(17)23(25)26)21-16-20(10-14-27-15-11-20)22-12-4-1-5-13-22/h2-3,6-9H,1,4-5,10-16H2,(H,21,24). The molecule has 1 amide bonds. The van der Waals surface area contributed by atoms with Gasteiger partial charge in [-0.25, -0.2) is 0 Å². The molecule has 1 aromatic rings. The van der Waals surface area contributed by atoms with Gasteiger partial charge in [0.2, 0.25) is 5.91 Å². The molecule has 2 heterocycles. The molecule has 0 aliphatic carbocycles. The minimum atomic E-state index is -0.440. The van der Waals surface area contributed by atoms with Crippen LogP contribution in [0.3, 0.4) is 0 Å². The maximum Gasteiger partial charge on any atom is 0.276 e. The molecule has 1 N–H and O–H groups in total. The van der Waals surface area contributed by atoms with E-state index in [-0.39, 0.29) is 17.1 Å². The summed E-state index contributed by atoms with van der Waals surface area (Å²) < 4.78 is 5.55. The lowest BCUT2D eigenvalue weighted by Gasteiger charge is -2.48. The van der Waals surface area contributed by atoms with Gasteiger partial charge >= 0.3 is 0 Å². The van der Waals surface area contributed by atoms with Gasteiger partial charge in [-0.3, -0.25) is 19.8 Å². The van der Waals surface area contributed by atoms with Gasteiger partial charge in [-0.2, -0.15) is 0 Å². The molecule has 146 valence electrons. The van der Waals surface area contributed by atoms with E-state index < -0.39 is 4.92 Å². The first-order valence-electron chi connectivity index (χ1n) is 9.63. The van der Waals surface area contributed by atoms with Crippen molar-refractivity contribution in [3.05, 3.63) is 46.0 Å². The zero-order valence-corrected chi connectivity index (χ0v) is 15.6. The smallest absolute Gasteiger partial charge is 0.276 e. The lowest BCUT2D eigenvalue weighted by atomic mass is 9.86. The molecule has 3 rings (SSSR count). The maximum atomic E-state index is 12.3. The average Bonchev–Trinajstić information content (AvgIpc) is 2.72. The van der Waals surface area contributed by atoms with Gasteiger partial charge < -0.3 is 10.1 Å². The van der Waals surface area contributed by atoms with Crippen LogP contribution in [0.4, 0.5) is 5.69 Å². The highest BCUT2D eigenvalue weighted by Gasteiger charge is 2.38. The van der Waals surface area contributed by atoms with Crippen molar-refractivity contribution in [2.75, 3.05) is 32.8 Å². The second kappa shape index (κ2) is 9.10. The van der Waals surface area contributed by atoms with Crippen molar-refractivity contribution in [2.45, 2.75) is 37.6 Å². The molecule has 2 aliphatic heterocycles. The van der Waals surface area contributed by atoms with Crippen LogP contribution in [0, 0.1) is 10.1 Å². The van der Waals surface area contributed by atoms with Gasteiger partial charge in [-0.05, 0) is 50.9 Å². The molecular weight excluding hydrogens is 346 g/mol. The summed E-state index contributed by atoms with van der Waals surface area (Å²) in [6.45, 7) is 4.16. The number of para-hydroxylation sites is 1. The number of ether oxygens (including phenoxy) is 1. The van der Waals surface area contributed by atoms with Gasteiger partial charge in [-0.1, -0.05) is 18.6 Å². The predicted molar refractivity (Wildman–Crippen MR) is 103 cm³/mol. The number of carbonyl (C=O) groups is 1. The van der Waals surface area contributed by atoms with Crippen LogP contribution in [0.15, 0.2) is 30.3 Å². The zero-order chi connectivity index (χ0) is 19.1. The summed E-state index contributed by atoms with van der Waals surface area (Å²) in [5.74, 6) is -0.226. The molecule has 0 spiro atoms. The van der Waals surface area contributed by atoms with E-state index in [4.69, 9.17) is 4.74 Å². The predicted octanol–water partition coefficient (Wildman–Crippen LogP) is 2.76. The molecule has 1 aromatic carbocycles. The first kappa shape index (κ1) is 19.5. The highest BCUT2D eigenvalue weighted by Crippen LogP contribution is 2.30. The Balaban J connectivity index is 1.63. The van der Waals surface area contributed by atoms with Crippen LogP contribution in [-0.4, -0.2) is 54.1 Å². The Morgan fingerprint density at radius 1 is 1.22 bits per heavy atom. The maximum absolute atomic E-state index is 12.3. The number of nitrogens with one attached hydrogen (secondary N) is 1. The minimum Gasteiger partial charge on any atom is -0.381 e. The number of rotatable bonds is 6. The number of benzene rings is 1. The fourth-order valence-electron chi connectivity index (χ4n) is 4.00. The number of likely N-dealkylation sites (tertiary alicyclic amines) is 1. The Kier molecular flexibility index (Phi) is 6.58. The number of nitrogens with zero attached hydrogens (tertiary/aromatic N) is 2. The molecule has 0 unspecified atom stereocenters. The molecule has 0 saturated carbocycles. The third-order valence-corrected chi connectivity index (χ3v) is 5.59. The van der Waals surface area contributed by atoms with Crippen molar-refractivity contribution in [1.82, 2.24) is 10.2 Å². The van der Waals surface area contributed by atoms with Crippen LogP contribution in [0.5, 0.6) is 0 Å². The van der Waals surface area contributed by atoms with E-state index in [0.717, 1.165) is 39.1 Å². The Hall–Kier alpha value is -2.25. The van der Waals surface area contributed by atoms with Gasteiger partial charge in [0.1, 0.15) is 0 Å². The third-order valence-electron chi connectivity index (χ3n) is 5.59. The summed E-state index contributed by atoms with van der Waals surface area (Å²) in [4.78, 5) is 25.5. The number of amides is 1. The van der Waals surface area contributed by atoms with Crippen LogP contribution in [0.25, 0.3) is 6.08 Å². The van der Waals surface area contributed by atoms with Crippen LogP contribution in [0.2, 0.25) is 0 Å². The lowest BCUT2D eigenvalue weighted by Crippen LogP contribution is -2.59.